The van der Waals surface area contributed by atoms with Crippen molar-refractivity contribution in [3.05, 3.63) is 57.6 Å². The summed E-state index contributed by atoms with van der Waals surface area (Å²) in [5.74, 6) is -1.44. The number of fused-ring (bicyclic) bond motifs is 1. The second-order valence-corrected chi connectivity index (χ2v) is 10.4. The molecule has 0 spiro atoms. The first-order valence-corrected chi connectivity index (χ1v) is 11.8. The van der Waals surface area contributed by atoms with Gasteiger partial charge in [-0.3, -0.25) is 14.2 Å². The third-order valence-electron chi connectivity index (χ3n) is 5.36. The number of carbonyl (C=O) groups is 2. The van der Waals surface area contributed by atoms with Crippen LogP contribution in [0, 0.1) is 0 Å². The van der Waals surface area contributed by atoms with E-state index in [1.165, 1.54) is 12.4 Å². The maximum atomic E-state index is 13.1. The van der Waals surface area contributed by atoms with Crippen LogP contribution in [0.15, 0.2) is 52.0 Å². The fourth-order valence-electron chi connectivity index (χ4n) is 3.53. The molecule has 1 fully saturated rings. The standard InChI is InChI=1S/C24H22BrF3N4O5/c1-22(2,3)37-21(35)31-23(8-9-23)20(34)30-17-11-14(5-7-18(17)36-24(26,27)28)32-12-29-16-10-13(25)4-6-15(16)19(32)33/h4-7,10-12H,8-9H2,1-3H3,(H,30,34)(H,31,35). The van der Waals surface area contributed by atoms with E-state index in [-0.39, 0.29) is 29.6 Å². The number of ether oxygens (including phenoxy) is 2. The SMILES string of the molecule is CC(C)(C)OC(=O)NC1(C(=O)Nc2cc(-n3cnc4cc(Br)ccc4c3=O)ccc2OC(F)(F)F)CC1. The maximum absolute atomic E-state index is 13.1. The van der Waals surface area contributed by atoms with Gasteiger partial charge in [0.25, 0.3) is 5.56 Å². The van der Waals surface area contributed by atoms with Crippen LogP contribution in [0.1, 0.15) is 33.6 Å². The molecule has 2 amide bonds. The van der Waals surface area contributed by atoms with Crippen LogP contribution in [0.25, 0.3) is 16.6 Å². The smallest absolute Gasteiger partial charge is 0.444 e. The van der Waals surface area contributed by atoms with Crippen LogP contribution < -0.4 is 20.9 Å². The summed E-state index contributed by atoms with van der Waals surface area (Å²) in [7, 11) is 0. The van der Waals surface area contributed by atoms with E-state index in [0.717, 1.165) is 21.2 Å². The lowest BCUT2D eigenvalue weighted by atomic mass is 10.2. The largest absolute Gasteiger partial charge is 0.573 e. The molecule has 1 aliphatic rings. The molecule has 1 aromatic heterocycles. The Hall–Kier alpha value is -3.61. The van der Waals surface area contributed by atoms with Crippen molar-refractivity contribution in [1.29, 1.82) is 0 Å². The van der Waals surface area contributed by atoms with Gasteiger partial charge < -0.3 is 20.1 Å². The summed E-state index contributed by atoms with van der Waals surface area (Å²) in [4.78, 5) is 42.5. The third kappa shape index (κ3) is 6.21. The van der Waals surface area contributed by atoms with Gasteiger partial charge in [-0.25, -0.2) is 9.78 Å². The third-order valence-corrected chi connectivity index (χ3v) is 5.85. The Kier molecular flexibility index (Phi) is 6.69. The summed E-state index contributed by atoms with van der Waals surface area (Å²) < 4.78 is 50.3. The van der Waals surface area contributed by atoms with Crippen molar-refractivity contribution in [2.75, 3.05) is 5.32 Å². The number of nitrogens with zero attached hydrogens (tertiary/aromatic N) is 2. The molecule has 1 aliphatic carbocycles. The zero-order valence-corrected chi connectivity index (χ0v) is 21.5. The number of aromatic nitrogens is 2. The van der Waals surface area contributed by atoms with Gasteiger partial charge in [-0.2, -0.15) is 0 Å². The molecule has 37 heavy (non-hydrogen) atoms. The minimum atomic E-state index is -5.04. The highest BCUT2D eigenvalue weighted by molar-refractivity contribution is 9.10. The number of nitrogens with one attached hydrogen (secondary N) is 2. The molecule has 0 radical (unpaired) electrons. The Morgan fingerprint density at radius 3 is 2.43 bits per heavy atom. The minimum Gasteiger partial charge on any atom is -0.444 e. The van der Waals surface area contributed by atoms with Crippen LogP contribution in [0.2, 0.25) is 0 Å². The van der Waals surface area contributed by atoms with Gasteiger partial charge >= 0.3 is 12.5 Å². The Bertz CT molecular complexity index is 1450. The van der Waals surface area contributed by atoms with E-state index in [1.807, 2.05) is 0 Å². The van der Waals surface area contributed by atoms with Gasteiger partial charge in [0.2, 0.25) is 5.91 Å². The van der Waals surface area contributed by atoms with E-state index < -0.39 is 40.8 Å². The summed E-state index contributed by atoms with van der Waals surface area (Å²) in [6.07, 6.45) is -4.12. The number of hydrogen-bond acceptors (Lipinski definition) is 6. The molecule has 0 saturated heterocycles. The van der Waals surface area contributed by atoms with E-state index in [2.05, 4.69) is 36.3 Å². The lowest BCUT2D eigenvalue weighted by molar-refractivity contribution is -0.274. The van der Waals surface area contributed by atoms with Gasteiger partial charge in [0.05, 0.1) is 22.3 Å². The summed E-state index contributed by atoms with van der Waals surface area (Å²) in [5, 5.41) is 5.17. The molecule has 0 atom stereocenters. The Morgan fingerprint density at radius 1 is 1.11 bits per heavy atom. The molecule has 3 aromatic rings. The zero-order valence-electron chi connectivity index (χ0n) is 19.9. The molecule has 1 heterocycles. The van der Waals surface area contributed by atoms with Gasteiger partial charge in [-0.05, 0) is 70.0 Å². The van der Waals surface area contributed by atoms with Gasteiger partial charge in [0.15, 0.2) is 5.75 Å². The predicted molar refractivity (Wildman–Crippen MR) is 132 cm³/mol. The van der Waals surface area contributed by atoms with E-state index in [4.69, 9.17) is 4.74 Å². The van der Waals surface area contributed by atoms with E-state index in [9.17, 15) is 27.6 Å². The number of anilines is 1. The highest BCUT2D eigenvalue weighted by Crippen LogP contribution is 2.39. The average Bonchev–Trinajstić information content (AvgIpc) is 3.53. The molecule has 2 aromatic carbocycles. The minimum absolute atomic E-state index is 0.136. The van der Waals surface area contributed by atoms with Crippen LogP contribution in [0.4, 0.5) is 23.7 Å². The first-order chi connectivity index (χ1) is 17.2. The molecular weight excluding hydrogens is 561 g/mol. The van der Waals surface area contributed by atoms with Crippen LogP contribution >= 0.6 is 15.9 Å². The van der Waals surface area contributed by atoms with Crippen molar-refractivity contribution in [1.82, 2.24) is 14.9 Å². The first kappa shape index (κ1) is 26.5. The van der Waals surface area contributed by atoms with Crippen molar-refractivity contribution in [3.8, 4) is 11.4 Å². The highest BCUT2D eigenvalue weighted by atomic mass is 79.9. The molecular formula is C24H22BrF3N4O5. The summed E-state index contributed by atoms with van der Waals surface area (Å²) in [5.41, 5.74) is -2.41. The van der Waals surface area contributed by atoms with Crippen molar-refractivity contribution in [2.45, 2.75) is 51.1 Å². The molecule has 0 bridgehead atoms. The summed E-state index contributed by atoms with van der Waals surface area (Å²) in [6.45, 7) is 4.96. The van der Waals surface area contributed by atoms with Crippen molar-refractivity contribution in [3.63, 3.8) is 0 Å². The quantitative estimate of drug-likeness (QED) is 0.436. The fourth-order valence-corrected chi connectivity index (χ4v) is 3.88. The van der Waals surface area contributed by atoms with Crippen LogP contribution in [0.3, 0.4) is 0 Å². The molecule has 9 nitrogen and oxygen atoms in total. The molecule has 196 valence electrons. The topological polar surface area (TPSA) is 112 Å². The van der Waals surface area contributed by atoms with Crippen molar-refractivity contribution in [2.24, 2.45) is 0 Å². The summed E-state index contributed by atoms with van der Waals surface area (Å²) in [6, 6.07) is 8.26. The number of halogens is 4. The molecule has 4 rings (SSSR count). The monoisotopic (exact) mass is 582 g/mol. The number of alkyl halides is 3. The number of rotatable bonds is 5. The van der Waals surface area contributed by atoms with E-state index in [0.29, 0.717) is 5.52 Å². The van der Waals surface area contributed by atoms with E-state index >= 15 is 0 Å². The van der Waals surface area contributed by atoms with Gasteiger partial charge in [0.1, 0.15) is 17.5 Å². The van der Waals surface area contributed by atoms with Crippen LogP contribution in [-0.4, -0.2) is 39.1 Å². The van der Waals surface area contributed by atoms with Crippen molar-refractivity contribution < 1.29 is 32.2 Å². The zero-order chi connectivity index (χ0) is 27.2. The molecule has 0 aliphatic heterocycles. The van der Waals surface area contributed by atoms with Gasteiger partial charge in [-0.1, -0.05) is 15.9 Å². The molecule has 1 saturated carbocycles. The first-order valence-electron chi connectivity index (χ1n) is 11.1. The number of amides is 2. The number of hydrogen-bond donors (Lipinski definition) is 2. The van der Waals surface area contributed by atoms with E-state index in [1.54, 1.807) is 39.0 Å². The molecule has 0 unspecified atom stereocenters. The second-order valence-electron chi connectivity index (χ2n) is 9.47. The predicted octanol–water partition coefficient (Wildman–Crippen LogP) is 5.04. The van der Waals surface area contributed by atoms with Crippen molar-refractivity contribution >= 4 is 44.5 Å². The van der Waals surface area contributed by atoms with Gasteiger partial charge in [0, 0.05) is 4.47 Å². The summed E-state index contributed by atoms with van der Waals surface area (Å²) >= 11 is 3.31. The molecule has 13 heteroatoms. The Labute approximate surface area is 217 Å². The highest BCUT2D eigenvalue weighted by Gasteiger charge is 2.52. The molecule has 2 N–H and O–H groups in total. The fraction of sp³-hybridized carbons (Fsp3) is 0.333. The lowest BCUT2D eigenvalue weighted by Gasteiger charge is -2.23. The van der Waals surface area contributed by atoms with Crippen LogP contribution in [-0.2, 0) is 9.53 Å². The van der Waals surface area contributed by atoms with Crippen LogP contribution in [0.5, 0.6) is 5.75 Å². The Morgan fingerprint density at radius 2 is 1.81 bits per heavy atom. The lowest BCUT2D eigenvalue weighted by Crippen LogP contribution is -2.47. The maximum Gasteiger partial charge on any atom is 0.573 e. The number of benzene rings is 2. The normalized spacial score (nSPS) is 14.7. The van der Waals surface area contributed by atoms with Gasteiger partial charge in [-0.15, -0.1) is 13.2 Å². The average molecular weight is 583 g/mol. The number of alkyl carbamates (subject to hydrolysis) is 1. The Balaban J connectivity index is 1.68. The number of carbonyl (C=O) groups excluding carboxylic acids is 2. The second kappa shape index (κ2) is 9.36.